The van der Waals surface area contributed by atoms with Gasteiger partial charge in [0, 0.05) is 12.1 Å². The van der Waals surface area contributed by atoms with Gasteiger partial charge in [0.2, 0.25) is 5.91 Å². The van der Waals surface area contributed by atoms with Gasteiger partial charge in [-0.2, -0.15) is 0 Å². The molecule has 0 aliphatic heterocycles. The summed E-state index contributed by atoms with van der Waals surface area (Å²) in [6.45, 7) is 10.0. The minimum absolute atomic E-state index is 0.105. The number of hydrogen-bond donors (Lipinski definition) is 3. The highest BCUT2D eigenvalue weighted by Gasteiger charge is 2.16. The first-order valence-electron chi connectivity index (χ1n) is 7.06. The Labute approximate surface area is 126 Å². The molecule has 0 radical (unpaired) electrons. The van der Waals surface area contributed by atoms with Gasteiger partial charge in [-0.1, -0.05) is 38.5 Å². The number of benzene rings is 1. The van der Waals surface area contributed by atoms with E-state index in [1.54, 1.807) is 0 Å². The van der Waals surface area contributed by atoms with Crippen LogP contribution in [0, 0.1) is 19.3 Å². The Kier molecular flexibility index (Phi) is 5.76. The molecule has 2 amide bonds. The Morgan fingerprint density at radius 2 is 1.67 bits per heavy atom. The quantitative estimate of drug-likeness (QED) is 0.745. The zero-order valence-electron chi connectivity index (χ0n) is 13.5. The molecule has 0 bridgehead atoms. The first kappa shape index (κ1) is 17.0. The molecule has 0 fully saturated rings. The fourth-order valence-corrected chi connectivity index (χ4v) is 1.90. The standard InChI is InChI=1S/C16H25N3O2/c1-11-6-7-13(12(2)8-11)17-10-15(21)19-18-14(20)9-16(3,4)5/h6-8,17H,9-10H2,1-5H3,(H,18,20)(H,19,21). The van der Waals surface area contributed by atoms with Crippen LogP contribution in [0.25, 0.3) is 0 Å². The normalized spacial score (nSPS) is 10.9. The van der Waals surface area contributed by atoms with E-state index in [0.29, 0.717) is 6.42 Å². The third kappa shape index (κ3) is 6.79. The Bertz CT molecular complexity index is 519. The van der Waals surface area contributed by atoms with Crippen LogP contribution in [0.5, 0.6) is 0 Å². The molecular weight excluding hydrogens is 266 g/mol. The van der Waals surface area contributed by atoms with Gasteiger partial charge < -0.3 is 5.32 Å². The van der Waals surface area contributed by atoms with Crippen LogP contribution in [0.1, 0.15) is 38.3 Å². The number of amides is 2. The number of carbonyl (C=O) groups excluding carboxylic acids is 2. The molecule has 0 saturated heterocycles. The van der Waals surface area contributed by atoms with Crippen molar-refractivity contribution in [1.82, 2.24) is 10.9 Å². The summed E-state index contributed by atoms with van der Waals surface area (Å²) in [6, 6.07) is 5.97. The molecule has 3 N–H and O–H groups in total. The summed E-state index contributed by atoms with van der Waals surface area (Å²) < 4.78 is 0. The van der Waals surface area contributed by atoms with E-state index in [0.717, 1.165) is 11.3 Å². The summed E-state index contributed by atoms with van der Waals surface area (Å²) in [5.41, 5.74) is 7.89. The average Bonchev–Trinajstić information content (AvgIpc) is 2.33. The van der Waals surface area contributed by atoms with Crippen LogP contribution in [0.2, 0.25) is 0 Å². The first-order valence-corrected chi connectivity index (χ1v) is 7.06. The summed E-state index contributed by atoms with van der Waals surface area (Å²) in [4.78, 5) is 23.3. The van der Waals surface area contributed by atoms with Crippen molar-refractivity contribution >= 4 is 17.5 Å². The lowest BCUT2D eigenvalue weighted by Crippen LogP contribution is -2.45. The number of anilines is 1. The number of rotatable bonds is 4. The lowest BCUT2D eigenvalue weighted by Gasteiger charge is -2.17. The summed E-state index contributed by atoms with van der Waals surface area (Å²) in [5.74, 6) is -0.473. The van der Waals surface area contributed by atoms with Crippen molar-refractivity contribution in [3.05, 3.63) is 29.3 Å². The van der Waals surface area contributed by atoms with Crippen LogP contribution in [0.15, 0.2) is 18.2 Å². The van der Waals surface area contributed by atoms with E-state index in [1.165, 1.54) is 5.56 Å². The van der Waals surface area contributed by atoms with Gasteiger partial charge in [0.05, 0.1) is 6.54 Å². The maximum atomic E-state index is 11.7. The molecule has 1 rings (SSSR count). The van der Waals surface area contributed by atoms with Crippen LogP contribution in [-0.4, -0.2) is 18.4 Å². The zero-order valence-corrected chi connectivity index (χ0v) is 13.5. The topological polar surface area (TPSA) is 70.2 Å². The van der Waals surface area contributed by atoms with Crippen molar-refractivity contribution in [2.45, 2.75) is 41.0 Å². The van der Waals surface area contributed by atoms with E-state index in [4.69, 9.17) is 0 Å². The Balaban J connectivity index is 2.36. The monoisotopic (exact) mass is 291 g/mol. The highest BCUT2D eigenvalue weighted by Crippen LogP contribution is 2.17. The molecule has 0 heterocycles. The van der Waals surface area contributed by atoms with Gasteiger partial charge in [-0.3, -0.25) is 20.4 Å². The largest absolute Gasteiger partial charge is 0.376 e. The fraction of sp³-hybridized carbons (Fsp3) is 0.500. The molecule has 0 saturated carbocycles. The SMILES string of the molecule is Cc1ccc(NCC(=O)NNC(=O)CC(C)(C)C)c(C)c1. The molecule has 0 aliphatic carbocycles. The Hall–Kier alpha value is -2.04. The zero-order chi connectivity index (χ0) is 16.0. The summed E-state index contributed by atoms with van der Waals surface area (Å²) >= 11 is 0. The number of aryl methyl sites for hydroxylation is 2. The lowest BCUT2D eigenvalue weighted by molar-refractivity contribution is -0.129. The maximum Gasteiger partial charge on any atom is 0.257 e. The van der Waals surface area contributed by atoms with Crippen LogP contribution < -0.4 is 16.2 Å². The molecule has 1 aromatic rings. The van der Waals surface area contributed by atoms with Crippen LogP contribution >= 0.6 is 0 Å². The third-order valence-electron chi connectivity index (χ3n) is 2.85. The van der Waals surface area contributed by atoms with Crippen LogP contribution in [0.4, 0.5) is 5.69 Å². The van der Waals surface area contributed by atoms with Crippen molar-refractivity contribution in [1.29, 1.82) is 0 Å². The molecule has 116 valence electrons. The predicted molar refractivity (Wildman–Crippen MR) is 84.8 cm³/mol. The first-order chi connectivity index (χ1) is 9.67. The number of carbonyl (C=O) groups is 2. The van der Waals surface area contributed by atoms with Gasteiger partial charge in [-0.15, -0.1) is 0 Å². The highest BCUT2D eigenvalue weighted by molar-refractivity contribution is 5.84. The highest BCUT2D eigenvalue weighted by atomic mass is 16.2. The molecule has 0 unspecified atom stereocenters. The summed E-state index contributed by atoms with van der Waals surface area (Å²) in [6.07, 6.45) is 0.359. The van der Waals surface area contributed by atoms with Crippen molar-refractivity contribution in [2.24, 2.45) is 5.41 Å². The minimum Gasteiger partial charge on any atom is -0.376 e. The van der Waals surface area contributed by atoms with E-state index >= 15 is 0 Å². The van der Waals surface area contributed by atoms with Gasteiger partial charge in [-0.25, -0.2) is 0 Å². The molecule has 1 aromatic carbocycles. The maximum absolute atomic E-state index is 11.7. The molecule has 0 atom stereocenters. The van der Waals surface area contributed by atoms with Crippen molar-refractivity contribution < 1.29 is 9.59 Å². The molecule has 5 nitrogen and oxygen atoms in total. The summed E-state index contributed by atoms with van der Waals surface area (Å²) in [5, 5.41) is 3.05. The van der Waals surface area contributed by atoms with Gasteiger partial charge in [-0.05, 0) is 30.9 Å². The van der Waals surface area contributed by atoms with Gasteiger partial charge in [0.15, 0.2) is 0 Å². The van der Waals surface area contributed by atoms with Crippen LogP contribution in [0.3, 0.4) is 0 Å². The second-order valence-corrected chi connectivity index (χ2v) is 6.51. The molecule has 0 spiro atoms. The van der Waals surface area contributed by atoms with Crippen molar-refractivity contribution in [3.63, 3.8) is 0 Å². The van der Waals surface area contributed by atoms with E-state index < -0.39 is 0 Å². The lowest BCUT2D eigenvalue weighted by atomic mass is 9.92. The van der Waals surface area contributed by atoms with E-state index in [9.17, 15) is 9.59 Å². The smallest absolute Gasteiger partial charge is 0.257 e. The van der Waals surface area contributed by atoms with Crippen LogP contribution in [-0.2, 0) is 9.59 Å². The predicted octanol–water partition coefficient (Wildman–Crippen LogP) is 2.30. The Morgan fingerprint density at radius 3 is 2.24 bits per heavy atom. The van der Waals surface area contributed by atoms with Gasteiger partial charge in [0.25, 0.3) is 5.91 Å². The number of nitrogens with one attached hydrogen (secondary N) is 3. The summed E-state index contributed by atoms with van der Waals surface area (Å²) in [7, 11) is 0. The fourth-order valence-electron chi connectivity index (χ4n) is 1.90. The second kappa shape index (κ2) is 7.11. The number of hydrazine groups is 1. The molecular formula is C16H25N3O2. The van der Waals surface area contributed by atoms with Gasteiger partial charge in [0.1, 0.15) is 0 Å². The minimum atomic E-state index is -0.280. The van der Waals surface area contributed by atoms with E-state index in [2.05, 4.69) is 16.2 Å². The van der Waals surface area contributed by atoms with Crippen molar-refractivity contribution in [3.8, 4) is 0 Å². The molecule has 0 aliphatic rings. The Morgan fingerprint density at radius 1 is 1.05 bits per heavy atom. The van der Waals surface area contributed by atoms with Crippen molar-refractivity contribution in [2.75, 3.05) is 11.9 Å². The third-order valence-corrected chi connectivity index (χ3v) is 2.85. The molecule has 21 heavy (non-hydrogen) atoms. The molecule has 5 heteroatoms. The van der Waals surface area contributed by atoms with E-state index in [1.807, 2.05) is 52.8 Å². The number of hydrogen-bond acceptors (Lipinski definition) is 3. The van der Waals surface area contributed by atoms with Gasteiger partial charge >= 0.3 is 0 Å². The second-order valence-electron chi connectivity index (χ2n) is 6.51. The van der Waals surface area contributed by atoms with E-state index in [-0.39, 0.29) is 23.8 Å². The molecule has 0 aromatic heterocycles. The average molecular weight is 291 g/mol.